The van der Waals surface area contributed by atoms with Gasteiger partial charge in [-0.1, -0.05) is 190 Å². The molecule has 1 fully saturated rings. The number of halogens is 3. The third kappa shape index (κ3) is 14.3. The van der Waals surface area contributed by atoms with Gasteiger partial charge in [0.15, 0.2) is 7.38 Å². The number of aryl methyl sites for hydroxylation is 2. The maximum absolute atomic E-state index is 9.11. The van der Waals surface area contributed by atoms with Gasteiger partial charge in [0.1, 0.15) is 0 Å². The predicted octanol–water partition coefficient (Wildman–Crippen LogP) is 12.8. The molecule has 1 N–H and O–H groups in total. The zero-order valence-electron chi connectivity index (χ0n) is 38.6. The van der Waals surface area contributed by atoms with Gasteiger partial charge in [0.05, 0.1) is 17.8 Å². The fourth-order valence-electron chi connectivity index (χ4n) is 5.96. The van der Waals surface area contributed by atoms with Crippen LogP contribution in [0.4, 0.5) is 0 Å². The van der Waals surface area contributed by atoms with Crippen LogP contribution in [0.1, 0.15) is 98.8 Å². The molecule has 318 valence electrons. The van der Waals surface area contributed by atoms with E-state index in [1.54, 1.807) is 0 Å². The summed E-state index contributed by atoms with van der Waals surface area (Å²) in [6.07, 6.45) is 4.40. The Labute approximate surface area is 398 Å². The summed E-state index contributed by atoms with van der Waals surface area (Å²) in [5.74, 6) is 0. The van der Waals surface area contributed by atoms with Gasteiger partial charge in [0.25, 0.3) is 0 Å². The Morgan fingerprint density at radius 2 is 0.933 bits per heavy atom. The number of fused-ring (bicyclic) bond motifs is 3. The van der Waals surface area contributed by atoms with Crippen molar-refractivity contribution in [3.63, 3.8) is 0 Å². The monoisotopic (exact) mass is 966 g/mol. The Balaban J connectivity index is 0.000000279. The molecule has 0 radical (unpaired) electrons. The van der Waals surface area contributed by atoms with E-state index in [2.05, 4.69) is 194 Å². The van der Waals surface area contributed by atoms with Crippen LogP contribution in [0.15, 0.2) is 118 Å². The number of hydrogen-bond donors (Lipinski definition) is 1. The van der Waals surface area contributed by atoms with E-state index in [-0.39, 0.29) is 43.8 Å². The van der Waals surface area contributed by atoms with E-state index in [0.29, 0.717) is 5.04 Å². The third-order valence-electron chi connectivity index (χ3n) is 11.5. The zero-order chi connectivity index (χ0) is 44.2. The zero-order valence-corrected chi connectivity index (χ0v) is 43.5. The van der Waals surface area contributed by atoms with Crippen molar-refractivity contribution in [3.8, 4) is 0 Å². The fraction of sp³-hybridized carbons (Fsp3) is 0.392. The van der Waals surface area contributed by atoms with Gasteiger partial charge >= 0.3 is 26.0 Å². The molecule has 9 heteroatoms. The number of benzene rings is 6. The molecule has 0 atom stereocenters. The topological polar surface area (TPSA) is 38.7 Å². The van der Waals surface area contributed by atoms with Crippen LogP contribution in [-0.2, 0) is 28.8 Å². The summed E-state index contributed by atoms with van der Waals surface area (Å²) in [6, 6.07) is 37.6. The number of aliphatic hydroxyl groups excluding tert-OH is 1. The Bertz CT molecular complexity index is 2140. The Hall–Kier alpha value is -1.89. The van der Waals surface area contributed by atoms with Gasteiger partial charge in [0.2, 0.25) is 0 Å². The average molecular weight is 969 g/mol. The number of rotatable bonds is 5. The van der Waals surface area contributed by atoms with Crippen LogP contribution in [0.3, 0.4) is 0 Å². The van der Waals surface area contributed by atoms with Crippen molar-refractivity contribution in [2.75, 3.05) is 0 Å². The molecule has 6 aromatic rings. The molecule has 0 amide bonds. The molecule has 0 aliphatic carbocycles. The van der Waals surface area contributed by atoms with Gasteiger partial charge in [-0.25, -0.2) is 0 Å². The molecular formula is C51H67BBr2ClLiO3Si. The average Bonchev–Trinajstić information content (AvgIpc) is 3.43. The SMILES string of the molecule is CC(C)(C)[Si](C)(C)Cl.CCc1ccc(B2OC(C)(C)C(C)(C)O2)c2ccccc12.CCc1ccc(Br)c2ccccc12.OCc1ccc(Br)c2ccccc12.[CH2-]CCC.[Li+]. The molecule has 1 heterocycles. The summed E-state index contributed by atoms with van der Waals surface area (Å²) < 4.78 is 14.7. The summed E-state index contributed by atoms with van der Waals surface area (Å²) in [4.78, 5) is 0. The summed E-state index contributed by atoms with van der Waals surface area (Å²) in [7, 11) is -1.69. The van der Waals surface area contributed by atoms with E-state index in [1.165, 1.54) is 43.6 Å². The van der Waals surface area contributed by atoms with Crippen molar-refractivity contribution in [1.82, 2.24) is 0 Å². The molecule has 0 bridgehead atoms. The fourth-order valence-corrected chi connectivity index (χ4v) is 6.92. The summed E-state index contributed by atoms with van der Waals surface area (Å²) in [6.45, 7) is 29.5. The van der Waals surface area contributed by atoms with Gasteiger partial charge in [-0.05, 0) is 112 Å². The largest absolute Gasteiger partial charge is 1.00 e. The summed E-state index contributed by atoms with van der Waals surface area (Å²) in [5, 5.41) is 16.9. The molecule has 1 aliphatic heterocycles. The van der Waals surface area contributed by atoms with Crippen molar-refractivity contribution in [2.45, 2.75) is 131 Å². The maximum atomic E-state index is 9.11. The third-order valence-corrected chi connectivity index (χ3v) is 18.2. The van der Waals surface area contributed by atoms with Gasteiger partial charge in [-0.15, -0.1) is 0 Å². The van der Waals surface area contributed by atoms with Crippen LogP contribution in [0, 0.1) is 6.92 Å². The van der Waals surface area contributed by atoms with Crippen LogP contribution in [0.25, 0.3) is 32.3 Å². The Morgan fingerprint density at radius 1 is 0.617 bits per heavy atom. The van der Waals surface area contributed by atoms with Crippen LogP contribution in [-0.4, -0.2) is 30.8 Å². The molecule has 60 heavy (non-hydrogen) atoms. The number of aliphatic hydroxyl groups is 1. The minimum atomic E-state index is -1.39. The summed E-state index contributed by atoms with van der Waals surface area (Å²) in [5.41, 5.74) is 4.27. The molecule has 3 nitrogen and oxygen atoms in total. The predicted molar refractivity (Wildman–Crippen MR) is 271 cm³/mol. The van der Waals surface area contributed by atoms with Crippen LogP contribution < -0.4 is 24.3 Å². The minimum Gasteiger partial charge on any atom is -0.399 e. The van der Waals surface area contributed by atoms with Crippen molar-refractivity contribution in [1.29, 1.82) is 0 Å². The van der Waals surface area contributed by atoms with Crippen LogP contribution in [0.5, 0.6) is 0 Å². The normalized spacial score (nSPS) is 14.1. The molecular weight excluding hydrogens is 902 g/mol. The standard InChI is InChI=1S/C18H23BO2.C12H11Br.C11H9BrO.C6H15ClSi.C4H9.Li/c1-6-13-11-12-16(15-10-8-7-9-14(13)15)19-20-17(2,3)18(4,5)21-19;1-2-9-7-8-12(13)11-6-4-3-5-10(9)11;12-11-6-5-8(7-13)9-3-1-2-4-10(9)11;1-6(2,3)8(4,5)7;1-3-4-2;/h7-12H,6H2,1-5H3;3-8H,2H2,1H3;1-6,13H,7H2;1-5H3;1,3-4H2,2H3;/q;;;;-1;+1. The Morgan fingerprint density at radius 3 is 1.28 bits per heavy atom. The van der Waals surface area contributed by atoms with Crippen LogP contribution in [0.2, 0.25) is 18.1 Å². The molecule has 0 aromatic heterocycles. The molecule has 6 aromatic carbocycles. The van der Waals surface area contributed by atoms with E-state index in [0.717, 1.165) is 45.5 Å². The van der Waals surface area contributed by atoms with Gasteiger partial charge in [0, 0.05) is 8.95 Å². The van der Waals surface area contributed by atoms with Crippen molar-refractivity contribution in [3.05, 3.63) is 142 Å². The molecule has 0 unspecified atom stereocenters. The molecule has 1 saturated heterocycles. The molecule has 0 spiro atoms. The van der Waals surface area contributed by atoms with Crippen molar-refractivity contribution in [2.24, 2.45) is 0 Å². The van der Waals surface area contributed by atoms with Gasteiger partial charge in [-0.3, -0.25) is 0 Å². The van der Waals surface area contributed by atoms with E-state index < -0.39 is 7.38 Å². The second kappa shape index (κ2) is 24.2. The quantitative estimate of drug-likeness (QED) is 0.106. The first-order valence-electron chi connectivity index (χ1n) is 20.9. The van der Waals surface area contributed by atoms with Crippen molar-refractivity contribution >= 4 is 95.2 Å². The van der Waals surface area contributed by atoms with E-state index in [4.69, 9.17) is 25.5 Å². The molecule has 7 rings (SSSR count). The van der Waals surface area contributed by atoms with E-state index in [1.807, 2.05) is 36.4 Å². The number of unbranched alkanes of at least 4 members (excludes halogenated alkanes) is 1. The second-order valence-electron chi connectivity index (χ2n) is 17.4. The minimum absolute atomic E-state index is 0. The first-order valence-corrected chi connectivity index (χ1v) is 26.5. The Kier molecular flexibility index (Phi) is 21.9. The van der Waals surface area contributed by atoms with Gasteiger partial charge < -0.3 is 21.3 Å². The molecule has 0 saturated carbocycles. The maximum Gasteiger partial charge on any atom is 1.00 e. The molecule has 1 aliphatic rings. The van der Waals surface area contributed by atoms with Crippen LogP contribution >= 0.6 is 42.9 Å². The van der Waals surface area contributed by atoms with Crippen molar-refractivity contribution < 1.29 is 33.3 Å². The summed E-state index contributed by atoms with van der Waals surface area (Å²) >= 11 is 13.2. The smallest absolute Gasteiger partial charge is 0.399 e. The van der Waals surface area contributed by atoms with Gasteiger partial charge in [-0.2, -0.15) is 17.5 Å². The first-order chi connectivity index (χ1) is 27.7. The second-order valence-corrected chi connectivity index (χ2v) is 26.4. The van der Waals surface area contributed by atoms with E-state index in [9.17, 15) is 0 Å². The van der Waals surface area contributed by atoms with E-state index >= 15 is 0 Å². The first kappa shape index (κ1) is 54.2. The number of hydrogen-bond acceptors (Lipinski definition) is 3.